The van der Waals surface area contributed by atoms with Gasteiger partial charge >= 0.3 is 0 Å². The van der Waals surface area contributed by atoms with E-state index >= 15 is 0 Å². The molecular weight excluding hydrogens is 889 g/mol. The summed E-state index contributed by atoms with van der Waals surface area (Å²) in [6.45, 7) is 31.7. The largest absolute Gasteiger partial charge is 0.213 e. The summed E-state index contributed by atoms with van der Waals surface area (Å²) in [6.07, 6.45) is 0. The van der Waals surface area contributed by atoms with Gasteiger partial charge in [0.15, 0.2) is 0 Å². The smallest absolute Gasteiger partial charge is 0.114 e. The lowest BCUT2D eigenvalue weighted by molar-refractivity contribution is 0.590. The Hall–Kier alpha value is -7.44. The summed E-state index contributed by atoms with van der Waals surface area (Å²) in [7, 11) is 0. The number of nitrogens with zero attached hydrogens (tertiary/aromatic N) is 6. The fraction of sp³-hybridized carbons (Fsp3) is 0.284. The summed E-state index contributed by atoms with van der Waals surface area (Å²) in [5.41, 5.74) is 22.4. The SMILES string of the molecule is CC(C)(C)c1ccc(-c2cc3nnn(-c4ccc(C(C)(C)c5ccc(-n6nnc7cc(-c8ccc(C(C)(C)C)cc8)c(-c8ccc(C(C)(C)C)cc8)cc76)cc5)cc4)c3cc2-c2ccc(C(C)(C)C)cc2)cc1. The second kappa shape index (κ2) is 17.9. The van der Waals surface area contributed by atoms with Crippen molar-refractivity contribution in [3.8, 4) is 55.9 Å². The molecule has 0 saturated heterocycles. The first kappa shape index (κ1) is 49.2. The zero-order valence-electron chi connectivity index (χ0n) is 45.3. The van der Waals surface area contributed by atoms with E-state index in [9.17, 15) is 0 Å². The third-order valence-electron chi connectivity index (χ3n) is 15.1. The first-order chi connectivity index (χ1) is 34.4. The van der Waals surface area contributed by atoms with Crippen LogP contribution in [0.5, 0.6) is 0 Å². The molecule has 6 nitrogen and oxygen atoms in total. The van der Waals surface area contributed by atoms with Gasteiger partial charge in [-0.2, -0.15) is 0 Å². The third kappa shape index (κ3) is 9.56. The Morgan fingerprint density at radius 2 is 0.507 bits per heavy atom. The number of aromatic nitrogens is 6. The quantitative estimate of drug-likeness (QED) is 0.152. The van der Waals surface area contributed by atoms with E-state index in [4.69, 9.17) is 20.6 Å². The fourth-order valence-corrected chi connectivity index (χ4v) is 10.1. The van der Waals surface area contributed by atoms with E-state index in [0.29, 0.717) is 0 Å². The maximum absolute atomic E-state index is 4.75. The average Bonchev–Trinajstić information content (AvgIpc) is 3.99. The molecule has 6 heteroatoms. The number of rotatable bonds is 8. The van der Waals surface area contributed by atoms with Gasteiger partial charge in [-0.3, -0.25) is 0 Å². The van der Waals surface area contributed by atoms with Crippen molar-refractivity contribution in [2.24, 2.45) is 0 Å². The lowest BCUT2D eigenvalue weighted by atomic mass is 9.78. The standard InChI is InChI=1S/C67H70N6/c1-63(2,3)47-23-15-43(16-24-47)55-39-59-61(41-57(55)45-19-27-49(28-20-45)65(7,8)9)72(70-68-59)53-35-31-51(32-36-53)67(13,14)52-33-37-54(38-34-52)73-62-42-58(46-21-29-50(30-22-46)66(10,11)12)56(40-60(62)69-71-73)44-17-25-48(26-18-44)64(4,5)6/h15-42H,1-14H3. The van der Waals surface area contributed by atoms with Crippen LogP contribution in [0.4, 0.5) is 0 Å². The predicted molar refractivity (Wildman–Crippen MR) is 306 cm³/mol. The van der Waals surface area contributed by atoms with E-state index < -0.39 is 0 Å². The molecule has 0 aliphatic rings. The number of benzene rings is 8. The molecule has 10 rings (SSSR count). The zero-order valence-corrected chi connectivity index (χ0v) is 45.3. The zero-order chi connectivity index (χ0) is 51.8. The molecule has 368 valence electrons. The van der Waals surface area contributed by atoms with Gasteiger partial charge in [-0.25, -0.2) is 9.36 Å². The Labute approximate surface area is 433 Å². The van der Waals surface area contributed by atoms with E-state index in [1.807, 2.05) is 9.36 Å². The van der Waals surface area contributed by atoms with Crippen molar-refractivity contribution in [1.29, 1.82) is 0 Å². The number of hydrogen-bond acceptors (Lipinski definition) is 4. The number of hydrogen-bond donors (Lipinski definition) is 0. The molecule has 10 aromatic rings. The van der Waals surface area contributed by atoms with E-state index in [2.05, 4.69) is 267 Å². The second-order valence-corrected chi connectivity index (χ2v) is 24.8. The van der Waals surface area contributed by atoms with Crippen LogP contribution in [0.1, 0.15) is 130 Å². The van der Waals surface area contributed by atoms with Gasteiger partial charge in [0.2, 0.25) is 0 Å². The van der Waals surface area contributed by atoms with Crippen LogP contribution in [0.25, 0.3) is 77.9 Å². The van der Waals surface area contributed by atoms with E-state index in [0.717, 1.165) is 77.9 Å². The van der Waals surface area contributed by atoms with Crippen molar-refractivity contribution in [3.05, 3.63) is 203 Å². The first-order valence-electron chi connectivity index (χ1n) is 25.9. The summed E-state index contributed by atoms with van der Waals surface area (Å²) in [6, 6.07) is 62.6. The summed E-state index contributed by atoms with van der Waals surface area (Å²) < 4.78 is 3.95. The molecule has 0 bridgehead atoms. The molecule has 0 aliphatic heterocycles. The lowest BCUT2D eigenvalue weighted by Gasteiger charge is -2.26. The van der Waals surface area contributed by atoms with Crippen LogP contribution >= 0.6 is 0 Å². The molecule has 0 saturated carbocycles. The molecule has 2 aromatic heterocycles. The third-order valence-corrected chi connectivity index (χ3v) is 15.1. The van der Waals surface area contributed by atoms with Crippen molar-refractivity contribution in [2.45, 2.75) is 124 Å². The van der Waals surface area contributed by atoms with Crippen LogP contribution in [-0.4, -0.2) is 30.0 Å². The second-order valence-electron chi connectivity index (χ2n) is 24.8. The minimum absolute atomic E-state index is 0.0610. The van der Waals surface area contributed by atoms with Gasteiger partial charge < -0.3 is 0 Å². The molecular formula is C67H70N6. The first-order valence-corrected chi connectivity index (χ1v) is 25.9. The summed E-state index contributed by atoms with van der Waals surface area (Å²) in [4.78, 5) is 0. The van der Waals surface area contributed by atoms with Crippen LogP contribution in [0.2, 0.25) is 0 Å². The number of fused-ring (bicyclic) bond motifs is 2. The van der Waals surface area contributed by atoms with Crippen molar-refractivity contribution in [3.63, 3.8) is 0 Å². The van der Waals surface area contributed by atoms with E-state index in [1.54, 1.807) is 0 Å². The average molecular weight is 959 g/mol. The van der Waals surface area contributed by atoms with Crippen molar-refractivity contribution >= 4 is 22.1 Å². The van der Waals surface area contributed by atoms with Crippen molar-refractivity contribution in [1.82, 2.24) is 30.0 Å². The predicted octanol–water partition coefficient (Wildman–Crippen LogP) is 17.3. The lowest BCUT2D eigenvalue weighted by Crippen LogP contribution is -2.19. The van der Waals surface area contributed by atoms with Gasteiger partial charge in [0.05, 0.1) is 22.4 Å². The molecule has 2 heterocycles. The molecule has 0 spiro atoms. The van der Waals surface area contributed by atoms with E-state index in [1.165, 1.54) is 33.4 Å². The van der Waals surface area contributed by atoms with E-state index in [-0.39, 0.29) is 27.1 Å². The molecule has 0 N–H and O–H groups in total. The van der Waals surface area contributed by atoms with Gasteiger partial charge in [0.25, 0.3) is 0 Å². The van der Waals surface area contributed by atoms with Gasteiger partial charge in [-0.05, 0) is 148 Å². The minimum atomic E-state index is -0.292. The molecule has 0 aliphatic carbocycles. The Kier molecular flexibility index (Phi) is 12.1. The van der Waals surface area contributed by atoms with Gasteiger partial charge in [0, 0.05) is 5.41 Å². The van der Waals surface area contributed by atoms with Crippen LogP contribution in [0.3, 0.4) is 0 Å². The molecule has 0 amide bonds. The Bertz CT molecular complexity index is 3360. The highest BCUT2D eigenvalue weighted by Gasteiger charge is 2.25. The molecule has 0 atom stereocenters. The van der Waals surface area contributed by atoms with Crippen molar-refractivity contribution < 1.29 is 0 Å². The summed E-state index contributed by atoms with van der Waals surface area (Å²) >= 11 is 0. The minimum Gasteiger partial charge on any atom is -0.213 e. The summed E-state index contributed by atoms with van der Waals surface area (Å²) in [5, 5.41) is 19.0. The van der Waals surface area contributed by atoms with Crippen LogP contribution in [0, 0.1) is 0 Å². The molecule has 0 fully saturated rings. The highest BCUT2D eigenvalue weighted by Crippen LogP contribution is 2.41. The molecule has 8 aromatic carbocycles. The highest BCUT2D eigenvalue weighted by atomic mass is 15.4. The molecule has 73 heavy (non-hydrogen) atoms. The monoisotopic (exact) mass is 959 g/mol. The topological polar surface area (TPSA) is 61.4 Å². The Morgan fingerprint density at radius 3 is 0.753 bits per heavy atom. The fourth-order valence-electron chi connectivity index (χ4n) is 10.1. The van der Waals surface area contributed by atoms with Crippen LogP contribution < -0.4 is 0 Å². The van der Waals surface area contributed by atoms with Gasteiger partial charge in [-0.15, -0.1) is 10.2 Å². The van der Waals surface area contributed by atoms with Crippen LogP contribution in [0.15, 0.2) is 170 Å². The van der Waals surface area contributed by atoms with Gasteiger partial charge in [-0.1, -0.05) is 229 Å². The molecule has 0 radical (unpaired) electrons. The van der Waals surface area contributed by atoms with Gasteiger partial charge in [0.1, 0.15) is 11.0 Å². The maximum atomic E-state index is 4.75. The summed E-state index contributed by atoms with van der Waals surface area (Å²) in [5.74, 6) is 0. The van der Waals surface area contributed by atoms with Crippen LogP contribution in [-0.2, 0) is 27.1 Å². The Balaban J connectivity index is 0.960. The Morgan fingerprint density at radius 1 is 0.274 bits per heavy atom. The maximum Gasteiger partial charge on any atom is 0.114 e. The highest BCUT2D eigenvalue weighted by molar-refractivity contribution is 5.95. The van der Waals surface area contributed by atoms with Crippen molar-refractivity contribution in [2.75, 3.05) is 0 Å². The molecule has 0 unspecified atom stereocenters. The normalized spacial score (nSPS) is 12.8.